The van der Waals surface area contributed by atoms with Crippen molar-refractivity contribution >= 4 is 27.8 Å². The Kier molecular flexibility index (Phi) is 5.82. The molecule has 5 aliphatic carbocycles. The van der Waals surface area contributed by atoms with Crippen LogP contribution < -0.4 is 4.90 Å². The Morgan fingerprint density at radius 1 is 0.538 bits per heavy atom. The van der Waals surface area contributed by atoms with Crippen LogP contribution in [0, 0.1) is 17.8 Å². The van der Waals surface area contributed by atoms with Crippen molar-refractivity contribution in [3.8, 4) is 0 Å². The van der Waals surface area contributed by atoms with Crippen LogP contribution in [0.25, 0.3) is 10.8 Å². The predicted molar refractivity (Wildman–Crippen MR) is 164 cm³/mol. The lowest BCUT2D eigenvalue weighted by molar-refractivity contribution is -0.00518. The van der Waals surface area contributed by atoms with Gasteiger partial charge in [-0.3, -0.25) is 0 Å². The molecule has 0 spiro atoms. The summed E-state index contributed by atoms with van der Waals surface area (Å²) in [5, 5.41) is 2.59. The number of hydrogen-bond donors (Lipinski definition) is 0. The van der Waals surface area contributed by atoms with Crippen molar-refractivity contribution in [2.45, 2.75) is 82.0 Å². The quantitative estimate of drug-likeness (QED) is 0.257. The Labute approximate surface area is 234 Å². The van der Waals surface area contributed by atoms with Crippen LogP contribution in [0.4, 0.5) is 17.1 Å². The van der Waals surface area contributed by atoms with Crippen molar-refractivity contribution in [1.82, 2.24) is 0 Å². The zero-order valence-corrected chi connectivity index (χ0v) is 23.2. The molecule has 5 aliphatic rings. The highest BCUT2D eigenvalue weighted by atomic mass is 15.1. The molecule has 0 atom stereocenters. The summed E-state index contributed by atoms with van der Waals surface area (Å²) in [6.07, 6.45) is 15.7. The summed E-state index contributed by atoms with van der Waals surface area (Å²) in [5.41, 5.74) is 7.34. The van der Waals surface area contributed by atoms with Gasteiger partial charge in [-0.1, -0.05) is 73.9 Å². The molecule has 4 aromatic carbocycles. The van der Waals surface area contributed by atoms with Crippen LogP contribution in [0.3, 0.4) is 0 Å². The van der Waals surface area contributed by atoms with Gasteiger partial charge < -0.3 is 4.90 Å². The predicted octanol–water partition coefficient (Wildman–Crippen LogP) is 10.8. The van der Waals surface area contributed by atoms with E-state index in [0.29, 0.717) is 5.41 Å². The first-order valence-corrected chi connectivity index (χ1v) is 15.7. The van der Waals surface area contributed by atoms with E-state index in [1.165, 1.54) is 104 Å². The number of nitrogens with zero attached hydrogens (tertiary/aromatic N) is 1. The molecule has 0 aromatic heterocycles. The van der Waals surface area contributed by atoms with Gasteiger partial charge in [0.2, 0.25) is 0 Å². The van der Waals surface area contributed by atoms with Gasteiger partial charge >= 0.3 is 0 Å². The monoisotopic (exact) mass is 511 g/mol. The maximum atomic E-state index is 2.49. The van der Waals surface area contributed by atoms with E-state index in [2.05, 4.69) is 95.9 Å². The second-order valence-corrected chi connectivity index (χ2v) is 13.5. The number of benzene rings is 4. The number of rotatable bonds is 5. The van der Waals surface area contributed by atoms with E-state index in [-0.39, 0.29) is 0 Å². The molecule has 9 rings (SSSR count). The first kappa shape index (κ1) is 23.8. The van der Waals surface area contributed by atoms with Gasteiger partial charge in [0.1, 0.15) is 0 Å². The smallest absolute Gasteiger partial charge is 0.0468 e. The second kappa shape index (κ2) is 9.54. The lowest BCUT2D eigenvalue weighted by atomic mass is 9.48. The van der Waals surface area contributed by atoms with Crippen LogP contribution in [0.5, 0.6) is 0 Å². The molecule has 0 unspecified atom stereocenters. The highest BCUT2D eigenvalue weighted by molar-refractivity contribution is 5.89. The van der Waals surface area contributed by atoms with Gasteiger partial charge in [-0.25, -0.2) is 0 Å². The minimum absolute atomic E-state index is 0.447. The Morgan fingerprint density at radius 3 is 1.74 bits per heavy atom. The zero-order valence-electron chi connectivity index (χ0n) is 23.2. The summed E-state index contributed by atoms with van der Waals surface area (Å²) in [7, 11) is 0. The molecule has 0 saturated heterocycles. The highest BCUT2D eigenvalue weighted by Gasteiger charge is 2.51. The van der Waals surface area contributed by atoms with Crippen molar-refractivity contribution in [2.75, 3.05) is 4.90 Å². The lowest BCUT2D eigenvalue weighted by Crippen LogP contribution is -2.48. The van der Waals surface area contributed by atoms with Crippen LogP contribution in [-0.2, 0) is 5.41 Å². The van der Waals surface area contributed by atoms with Crippen molar-refractivity contribution in [2.24, 2.45) is 17.8 Å². The van der Waals surface area contributed by atoms with Crippen LogP contribution in [0.15, 0.2) is 91.0 Å². The first-order valence-electron chi connectivity index (χ1n) is 15.7. The van der Waals surface area contributed by atoms with E-state index < -0.39 is 0 Å². The largest absolute Gasteiger partial charge is 0.310 e. The fourth-order valence-electron chi connectivity index (χ4n) is 9.52. The molecule has 0 heterocycles. The Balaban J connectivity index is 1.16. The molecule has 1 nitrogen and oxygen atoms in total. The van der Waals surface area contributed by atoms with Gasteiger partial charge in [0.25, 0.3) is 0 Å². The van der Waals surface area contributed by atoms with Crippen LogP contribution in [0.1, 0.15) is 87.7 Å². The minimum atomic E-state index is 0.447. The fraction of sp³-hybridized carbons (Fsp3) is 0.421. The fourth-order valence-corrected chi connectivity index (χ4v) is 9.52. The molecule has 0 N–H and O–H groups in total. The summed E-state index contributed by atoms with van der Waals surface area (Å²) in [5.74, 6) is 3.68. The van der Waals surface area contributed by atoms with Crippen LogP contribution >= 0.6 is 0 Å². The van der Waals surface area contributed by atoms with Gasteiger partial charge in [-0.2, -0.15) is 0 Å². The third kappa shape index (κ3) is 4.30. The molecule has 4 aromatic rings. The third-order valence-electron chi connectivity index (χ3n) is 11.0. The normalized spacial score (nSPS) is 28.2. The molecular weight excluding hydrogens is 470 g/mol. The Morgan fingerprint density at radius 2 is 1.10 bits per heavy atom. The van der Waals surface area contributed by atoms with Gasteiger partial charge in [-0.05, 0) is 139 Å². The third-order valence-corrected chi connectivity index (χ3v) is 11.0. The summed E-state index contributed by atoms with van der Waals surface area (Å²) in [6, 6.07) is 35.0. The molecule has 1 heteroatoms. The Bertz CT molecular complexity index is 1420. The van der Waals surface area contributed by atoms with Gasteiger partial charge in [0.05, 0.1) is 0 Å². The van der Waals surface area contributed by atoms with E-state index in [9.17, 15) is 0 Å². The van der Waals surface area contributed by atoms with Crippen LogP contribution in [0.2, 0.25) is 0 Å². The molecule has 4 bridgehead atoms. The lowest BCUT2D eigenvalue weighted by Gasteiger charge is -2.57. The van der Waals surface area contributed by atoms with Crippen molar-refractivity contribution < 1.29 is 0 Å². The van der Waals surface area contributed by atoms with Crippen molar-refractivity contribution in [3.63, 3.8) is 0 Å². The first-order chi connectivity index (χ1) is 19.2. The van der Waals surface area contributed by atoms with E-state index >= 15 is 0 Å². The maximum absolute atomic E-state index is 2.49. The van der Waals surface area contributed by atoms with Crippen molar-refractivity contribution in [3.05, 3.63) is 102 Å². The standard InChI is InChI=1S/C38H41N/c1-2-6-30(7-3-1)32-10-15-35(16-11-32)39(37-17-12-31-8-4-5-9-33(31)23-37)36-18-13-34(14-19-36)38-24-27-20-28(25-38)22-29(21-27)26-38/h4-5,8-19,23,27-30H,1-3,6-7,20-22,24-26H2. The van der Waals surface area contributed by atoms with Crippen molar-refractivity contribution in [1.29, 1.82) is 0 Å². The SMILES string of the molecule is c1ccc2cc(N(c3ccc(C4CCCCC4)cc3)c3ccc(C45CC6CC(CC(C6)C4)C5)cc3)ccc2c1. The Hall–Kier alpha value is -3.06. The van der Waals surface area contributed by atoms with Gasteiger partial charge in [0, 0.05) is 17.1 Å². The molecule has 198 valence electrons. The minimum Gasteiger partial charge on any atom is -0.310 e. The molecule has 0 radical (unpaired) electrons. The number of anilines is 3. The average Bonchev–Trinajstić information content (AvgIpc) is 2.98. The molecule has 5 fully saturated rings. The molecule has 0 aliphatic heterocycles. The van der Waals surface area contributed by atoms with Crippen LogP contribution in [-0.4, -0.2) is 0 Å². The zero-order chi connectivity index (χ0) is 25.8. The van der Waals surface area contributed by atoms with E-state index in [1.54, 1.807) is 5.56 Å². The molecule has 5 saturated carbocycles. The summed E-state index contributed by atoms with van der Waals surface area (Å²) in [6.45, 7) is 0. The molecular formula is C38H41N. The summed E-state index contributed by atoms with van der Waals surface area (Å²) >= 11 is 0. The molecule has 39 heavy (non-hydrogen) atoms. The van der Waals surface area contributed by atoms with E-state index in [0.717, 1.165) is 23.7 Å². The summed E-state index contributed by atoms with van der Waals surface area (Å²) in [4.78, 5) is 2.47. The molecule has 0 amide bonds. The van der Waals surface area contributed by atoms with E-state index in [1.807, 2.05) is 0 Å². The van der Waals surface area contributed by atoms with Gasteiger partial charge in [0.15, 0.2) is 0 Å². The van der Waals surface area contributed by atoms with E-state index in [4.69, 9.17) is 0 Å². The summed E-state index contributed by atoms with van der Waals surface area (Å²) < 4.78 is 0. The number of hydrogen-bond acceptors (Lipinski definition) is 1. The topological polar surface area (TPSA) is 3.24 Å². The number of fused-ring (bicyclic) bond motifs is 1. The average molecular weight is 512 g/mol. The van der Waals surface area contributed by atoms with Gasteiger partial charge in [-0.15, -0.1) is 0 Å². The second-order valence-electron chi connectivity index (χ2n) is 13.5. The maximum Gasteiger partial charge on any atom is 0.0468 e. The highest BCUT2D eigenvalue weighted by Crippen LogP contribution is 2.60.